The molecular formula is C22H19Cl2N5OS. The van der Waals surface area contributed by atoms with Crippen LogP contribution in [0.2, 0.25) is 10.0 Å². The number of rotatable bonds is 4. The summed E-state index contributed by atoms with van der Waals surface area (Å²) in [6.07, 6.45) is 7.37. The average Bonchev–Trinajstić information content (AvgIpc) is 3.17. The highest BCUT2D eigenvalue weighted by Gasteiger charge is 2.20. The van der Waals surface area contributed by atoms with E-state index in [0.29, 0.717) is 36.2 Å². The summed E-state index contributed by atoms with van der Waals surface area (Å²) >= 11 is 13.5. The van der Waals surface area contributed by atoms with Crippen LogP contribution in [-0.2, 0) is 19.5 Å². The first-order chi connectivity index (χ1) is 15.0. The summed E-state index contributed by atoms with van der Waals surface area (Å²) in [6, 6.07) is 7.37. The molecular weight excluding hydrogens is 453 g/mol. The van der Waals surface area contributed by atoms with Gasteiger partial charge in [0.25, 0.3) is 5.56 Å². The van der Waals surface area contributed by atoms with E-state index in [2.05, 4.69) is 22.8 Å². The normalized spacial score (nSPS) is 15.2. The lowest BCUT2D eigenvalue weighted by Crippen LogP contribution is -2.32. The van der Waals surface area contributed by atoms with E-state index < -0.39 is 0 Å². The molecule has 31 heavy (non-hydrogen) atoms. The Kier molecular flexibility index (Phi) is 6.42. The molecule has 3 aromatic rings. The van der Waals surface area contributed by atoms with E-state index in [0.717, 1.165) is 38.1 Å². The molecule has 0 atom stereocenters. The second-order valence-electron chi connectivity index (χ2n) is 7.18. The molecule has 0 N–H and O–H groups in total. The van der Waals surface area contributed by atoms with Gasteiger partial charge in [-0.2, -0.15) is 5.26 Å². The molecule has 0 saturated carbocycles. The van der Waals surface area contributed by atoms with Gasteiger partial charge in [-0.15, -0.1) is 28.1 Å². The van der Waals surface area contributed by atoms with Crippen molar-refractivity contribution in [2.75, 3.05) is 0 Å². The standard InChI is InChI=1S/C22H19Cl2N5OS/c1-2-9-29-21(30)18(11-14-7-8-15(23)12-17(14)24)31-22(29)16(13-25)20-27-26-19-6-4-3-5-10-28(19)20/h2,7-8,11-12H,1,3-6,9-10H2/b18-11-,22-16-. The van der Waals surface area contributed by atoms with Crippen LogP contribution in [0.25, 0.3) is 11.6 Å². The Morgan fingerprint density at radius 1 is 1.29 bits per heavy atom. The van der Waals surface area contributed by atoms with Crippen molar-refractivity contribution in [1.29, 1.82) is 5.26 Å². The first kappa shape index (κ1) is 21.6. The van der Waals surface area contributed by atoms with E-state index in [1.54, 1.807) is 34.9 Å². The van der Waals surface area contributed by atoms with Gasteiger partial charge in [-0.3, -0.25) is 9.36 Å². The molecule has 0 bridgehead atoms. The Hall–Kier alpha value is -2.66. The van der Waals surface area contributed by atoms with E-state index in [1.807, 2.05) is 4.57 Å². The van der Waals surface area contributed by atoms with Gasteiger partial charge >= 0.3 is 0 Å². The van der Waals surface area contributed by atoms with E-state index in [4.69, 9.17) is 23.2 Å². The first-order valence-electron chi connectivity index (χ1n) is 9.87. The smallest absolute Gasteiger partial charge is 0.269 e. The fourth-order valence-electron chi connectivity index (χ4n) is 3.62. The van der Waals surface area contributed by atoms with Crippen molar-refractivity contribution >= 4 is 46.2 Å². The Labute approximate surface area is 193 Å². The number of halogens is 2. The number of aryl methyl sites for hydroxylation is 1. The monoisotopic (exact) mass is 471 g/mol. The van der Waals surface area contributed by atoms with Crippen LogP contribution in [0.1, 0.15) is 36.5 Å². The maximum Gasteiger partial charge on any atom is 0.269 e. The molecule has 0 fully saturated rings. The SMILES string of the molecule is C=CCn1c(=O)/c(=C/c2ccc(Cl)cc2Cl)s/c1=C(/C#N)c1nnc2n1CCCCC2. The van der Waals surface area contributed by atoms with Crippen LogP contribution < -0.4 is 14.8 Å². The van der Waals surface area contributed by atoms with E-state index in [1.165, 1.54) is 11.3 Å². The summed E-state index contributed by atoms with van der Waals surface area (Å²) in [7, 11) is 0. The maximum absolute atomic E-state index is 13.2. The van der Waals surface area contributed by atoms with Gasteiger partial charge in [-0.25, -0.2) is 0 Å². The Bertz CT molecular complexity index is 1380. The zero-order chi connectivity index (χ0) is 22.0. The van der Waals surface area contributed by atoms with Crippen molar-refractivity contribution in [3.05, 3.63) is 77.7 Å². The summed E-state index contributed by atoms with van der Waals surface area (Å²) in [5, 5.41) is 19.6. The molecule has 2 aromatic heterocycles. The summed E-state index contributed by atoms with van der Waals surface area (Å²) in [5.41, 5.74) is 0.803. The van der Waals surface area contributed by atoms with Crippen molar-refractivity contribution < 1.29 is 0 Å². The van der Waals surface area contributed by atoms with Crippen molar-refractivity contribution in [2.24, 2.45) is 0 Å². The molecule has 1 aromatic carbocycles. The number of allylic oxidation sites excluding steroid dienone is 1. The van der Waals surface area contributed by atoms with Crippen molar-refractivity contribution in [1.82, 2.24) is 19.3 Å². The van der Waals surface area contributed by atoms with Gasteiger partial charge in [0.2, 0.25) is 0 Å². The van der Waals surface area contributed by atoms with Crippen LogP contribution in [0.15, 0.2) is 35.6 Å². The lowest BCUT2D eigenvalue weighted by atomic mass is 10.2. The molecule has 1 aliphatic heterocycles. The van der Waals surface area contributed by atoms with Crippen LogP contribution in [0.5, 0.6) is 0 Å². The van der Waals surface area contributed by atoms with Gasteiger partial charge in [0.1, 0.15) is 22.1 Å². The van der Waals surface area contributed by atoms with Crippen LogP contribution in [0.3, 0.4) is 0 Å². The summed E-state index contributed by atoms with van der Waals surface area (Å²) in [4.78, 5) is 13.2. The minimum absolute atomic E-state index is 0.214. The number of hydrogen-bond acceptors (Lipinski definition) is 5. The predicted molar refractivity (Wildman–Crippen MR) is 124 cm³/mol. The van der Waals surface area contributed by atoms with Crippen LogP contribution in [-0.4, -0.2) is 19.3 Å². The number of aromatic nitrogens is 4. The summed E-state index contributed by atoms with van der Waals surface area (Å²) < 4.78 is 4.55. The average molecular weight is 472 g/mol. The van der Waals surface area contributed by atoms with Gasteiger partial charge in [0.05, 0.1) is 4.53 Å². The van der Waals surface area contributed by atoms with Gasteiger partial charge in [-0.1, -0.05) is 41.8 Å². The van der Waals surface area contributed by atoms with Crippen LogP contribution >= 0.6 is 34.5 Å². The molecule has 0 aliphatic carbocycles. The van der Waals surface area contributed by atoms with Gasteiger partial charge in [0.15, 0.2) is 5.82 Å². The van der Waals surface area contributed by atoms with E-state index in [9.17, 15) is 10.1 Å². The molecule has 9 heteroatoms. The second-order valence-corrected chi connectivity index (χ2v) is 9.05. The fraction of sp³-hybridized carbons (Fsp3) is 0.273. The molecule has 0 spiro atoms. The molecule has 158 valence electrons. The Balaban J connectivity index is 1.99. The minimum Gasteiger partial charge on any atom is -0.310 e. The summed E-state index contributed by atoms with van der Waals surface area (Å²) in [5.74, 6) is 1.39. The third kappa shape index (κ3) is 4.24. The third-order valence-electron chi connectivity index (χ3n) is 5.13. The maximum atomic E-state index is 13.2. The molecule has 3 heterocycles. The first-order valence-corrected chi connectivity index (χ1v) is 11.4. The fourth-order valence-corrected chi connectivity index (χ4v) is 5.18. The van der Waals surface area contributed by atoms with Gasteiger partial charge < -0.3 is 4.57 Å². The quantitative estimate of drug-likeness (QED) is 0.547. The number of nitrogens with zero attached hydrogens (tertiary/aromatic N) is 5. The van der Waals surface area contributed by atoms with Crippen LogP contribution in [0.4, 0.5) is 0 Å². The highest BCUT2D eigenvalue weighted by molar-refractivity contribution is 7.07. The third-order valence-corrected chi connectivity index (χ3v) is 6.82. The molecule has 0 unspecified atom stereocenters. The molecule has 0 saturated heterocycles. The Morgan fingerprint density at radius 2 is 2.13 bits per heavy atom. The number of benzene rings is 1. The van der Waals surface area contributed by atoms with E-state index in [-0.39, 0.29) is 12.1 Å². The molecule has 1 aliphatic rings. The number of nitriles is 1. The van der Waals surface area contributed by atoms with Crippen molar-refractivity contribution in [3.63, 3.8) is 0 Å². The lowest BCUT2D eigenvalue weighted by molar-refractivity contribution is 0.626. The van der Waals surface area contributed by atoms with E-state index >= 15 is 0 Å². The molecule has 6 nitrogen and oxygen atoms in total. The molecule has 0 radical (unpaired) electrons. The zero-order valence-electron chi connectivity index (χ0n) is 16.6. The highest BCUT2D eigenvalue weighted by atomic mass is 35.5. The highest BCUT2D eigenvalue weighted by Crippen LogP contribution is 2.21. The predicted octanol–water partition coefficient (Wildman–Crippen LogP) is 3.27. The van der Waals surface area contributed by atoms with Crippen molar-refractivity contribution in [2.45, 2.75) is 38.8 Å². The second kappa shape index (κ2) is 9.23. The largest absolute Gasteiger partial charge is 0.310 e. The topological polar surface area (TPSA) is 76.5 Å². The zero-order valence-corrected chi connectivity index (χ0v) is 19.0. The number of fused-ring (bicyclic) bond motifs is 1. The minimum atomic E-state index is -0.214. The lowest BCUT2D eigenvalue weighted by Gasteiger charge is -2.06. The number of hydrogen-bond donors (Lipinski definition) is 0. The molecule has 0 amide bonds. The number of thiazole rings is 1. The van der Waals surface area contributed by atoms with Crippen molar-refractivity contribution in [3.8, 4) is 6.07 Å². The van der Waals surface area contributed by atoms with Gasteiger partial charge in [-0.05, 0) is 36.6 Å². The summed E-state index contributed by atoms with van der Waals surface area (Å²) in [6.45, 7) is 4.80. The Morgan fingerprint density at radius 3 is 2.87 bits per heavy atom. The van der Waals surface area contributed by atoms with Gasteiger partial charge in [0, 0.05) is 29.6 Å². The molecule has 4 rings (SSSR count). The van der Waals surface area contributed by atoms with Crippen LogP contribution in [0, 0.1) is 11.3 Å².